The molecule has 0 unspecified atom stereocenters. The molecule has 0 spiro atoms. The molecule has 23 heavy (non-hydrogen) atoms. The van der Waals surface area contributed by atoms with Crippen LogP contribution in [0.3, 0.4) is 0 Å². The molecule has 0 aromatic heterocycles. The molecule has 0 saturated heterocycles. The van der Waals surface area contributed by atoms with Gasteiger partial charge in [-0.2, -0.15) is 0 Å². The summed E-state index contributed by atoms with van der Waals surface area (Å²) < 4.78 is 1.22. The number of fused-ring (bicyclic) bond motifs is 2. The maximum absolute atomic E-state index is 11.0. The van der Waals surface area contributed by atoms with Crippen molar-refractivity contribution in [3.8, 4) is 0 Å². The van der Waals surface area contributed by atoms with Crippen molar-refractivity contribution < 1.29 is 9.59 Å². The zero-order valence-electron chi connectivity index (χ0n) is 12.6. The lowest BCUT2D eigenvalue weighted by atomic mass is 10.0. The molecule has 0 bridgehead atoms. The van der Waals surface area contributed by atoms with Crippen LogP contribution in [0.15, 0.2) is 42.5 Å². The highest BCUT2D eigenvalue weighted by Gasteiger charge is 2.14. The van der Waals surface area contributed by atoms with Gasteiger partial charge in [-0.05, 0) is 70.8 Å². The van der Waals surface area contributed by atoms with Crippen LogP contribution in [0.5, 0.6) is 0 Å². The molecule has 2 aliphatic heterocycles. The Kier molecular flexibility index (Phi) is 4.95. The van der Waals surface area contributed by atoms with E-state index in [9.17, 15) is 9.59 Å². The summed E-state index contributed by atoms with van der Waals surface area (Å²) in [5.74, 6) is 0.257. The van der Waals surface area contributed by atoms with Gasteiger partial charge in [0, 0.05) is 27.8 Å². The minimum Gasteiger partial charge on any atom is -0.326 e. The molecule has 2 aliphatic rings. The van der Waals surface area contributed by atoms with Crippen molar-refractivity contribution in [3.63, 3.8) is 0 Å². The van der Waals surface area contributed by atoms with E-state index in [-0.39, 0.29) is 11.8 Å². The number of carbonyl (C=O) groups is 2. The zero-order valence-corrected chi connectivity index (χ0v) is 14.7. The van der Waals surface area contributed by atoms with E-state index in [0.717, 1.165) is 24.2 Å². The smallest absolute Gasteiger partial charge is 0.224 e. The average Bonchev–Trinajstić information content (AvgIpc) is 2.55. The molecule has 2 aromatic rings. The summed E-state index contributed by atoms with van der Waals surface area (Å²) in [6.07, 6.45) is 2.99. The first kappa shape index (κ1) is 16.0. The van der Waals surface area contributed by atoms with Gasteiger partial charge in [0.2, 0.25) is 11.8 Å². The number of anilines is 2. The number of carbonyl (C=O) groups excluding carboxylic acids is 2. The predicted molar refractivity (Wildman–Crippen MR) is 99.5 cm³/mol. The Bertz CT molecular complexity index is 758. The minimum absolute atomic E-state index is 0.128. The van der Waals surface area contributed by atoms with Crippen molar-refractivity contribution in [2.45, 2.75) is 25.7 Å². The van der Waals surface area contributed by atoms with Gasteiger partial charge in [0.1, 0.15) is 0 Å². The van der Waals surface area contributed by atoms with Gasteiger partial charge >= 0.3 is 0 Å². The molecule has 2 amide bonds. The molecule has 2 heterocycles. The van der Waals surface area contributed by atoms with Crippen LogP contribution >= 0.6 is 22.6 Å². The van der Waals surface area contributed by atoms with Crippen LogP contribution < -0.4 is 10.6 Å². The van der Waals surface area contributed by atoms with Crippen LogP contribution in [0.1, 0.15) is 24.0 Å². The molecule has 4 nitrogen and oxygen atoms in total. The largest absolute Gasteiger partial charge is 0.326 e. The number of nitrogens with one attached hydrogen (secondary N) is 2. The van der Waals surface area contributed by atoms with Gasteiger partial charge in [-0.25, -0.2) is 0 Å². The minimum atomic E-state index is 0.128. The molecule has 2 N–H and O–H groups in total. The van der Waals surface area contributed by atoms with E-state index >= 15 is 0 Å². The van der Waals surface area contributed by atoms with Crippen LogP contribution in [0.4, 0.5) is 11.4 Å². The molecule has 0 aliphatic carbocycles. The van der Waals surface area contributed by atoms with Gasteiger partial charge in [0.15, 0.2) is 0 Å². The Morgan fingerprint density at radius 3 is 2.09 bits per heavy atom. The summed E-state index contributed by atoms with van der Waals surface area (Å²) >= 11 is 2.28. The van der Waals surface area contributed by atoms with Crippen LogP contribution in [-0.2, 0) is 22.4 Å². The van der Waals surface area contributed by atoms with E-state index in [0.29, 0.717) is 12.8 Å². The second-order valence-corrected chi connectivity index (χ2v) is 6.80. The SMILES string of the molecule is O=C1CCc2cc(I)ccc2N1.O=C1CCc2ccccc2N1. The highest BCUT2D eigenvalue weighted by atomic mass is 127. The molecule has 0 fully saturated rings. The second-order valence-electron chi connectivity index (χ2n) is 5.55. The van der Waals surface area contributed by atoms with Gasteiger partial charge in [-0.15, -0.1) is 0 Å². The fourth-order valence-electron chi connectivity index (χ4n) is 2.67. The number of hydrogen-bond donors (Lipinski definition) is 2. The number of halogens is 1. The van der Waals surface area contributed by atoms with Gasteiger partial charge in [-0.3, -0.25) is 9.59 Å². The molecule has 5 heteroatoms. The van der Waals surface area contributed by atoms with Crippen molar-refractivity contribution in [1.82, 2.24) is 0 Å². The summed E-state index contributed by atoms with van der Waals surface area (Å²) in [5, 5.41) is 5.67. The molecular formula is C18H17IN2O2. The van der Waals surface area contributed by atoms with Gasteiger partial charge in [-0.1, -0.05) is 18.2 Å². The molecule has 0 radical (unpaired) electrons. The fourth-order valence-corrected chi connectivity index (χ4v) is 3.23. The fraction of sp³-hybridized carbons (Fsp3) is 0.222. The van der Waals surface area contributed by atoms with Crippen LogP contribution in [0.25, 0.3) is 0 Å². The van der Waals surface area contributed by atoms with E-state index in [1.165, 1.54) is 14.7 Å². The lowest BCUT2D eigenvalue weighted by Gasteiger charge is -2.16. The lowest BCUT2D eigenvalue weighted by molar-refractivity contribution is -0.117. The summed E-state index contributed by atoms with van der Waals surface area (Å²) in [6.45, 7) is 0. The molecule has 0 atom stereocenters. The van der Waals surface area contributed by atoms with Gasteiger partial charge in [0.05, 0.1) is 0 Å². The highest BCUT2D eigenvalue weighted by Crippen LogP contribution is 2.24. The second kappa shape index (κ2) is 7.12. The molecule has 2 aromatic carbocycles. The van der Waals surface area contributed by atoms with Crippen LogP contribution in [0.2, 0.25) is 0 Å². The van der Waals surface area contributed by atoms with Crippen molar-refractivity contribution in [3.05, 3.63) is 57.2 Å². The van der Waals surface area contributed by atoms with Crippen molar-refractivity contribution in [2.75, 3.05) is 10.6 Å². The average molecular weight is 420 g/mol. The van der Waals surface area contributed by atoms with Crippen molar-refractivity contribution >= 4 is 45.8 Å². The Morgan fingerprint density at radius 2 is 1.35 bits per heavy atom. The topological polar surface area (TPSA) is 58.2 Å². The Balaban J connectivity index is 0.000000136. The number of hydrogen-bond acceptors (Lipinski definition) is 2. The van der Waals surface area contributed by atoms with Crippen LogP contribution in [0, 0.1) is 3.57 Å². The Morgan fingerprint density at radius 1 is 0.739 bits per heavy atom. The molecular weight excluding hydrogens is 403 g/mol. The first-order valence-corrected chi connectivity index (χ1v) is 8.66. The third kappa shape index (κ3) is 4.10. The van der Waals surface area contributed by atoms with Crippen molar-refractivity contribution in [2.24, 2.45) is 0 Å². The van der Waals surface area contributed by atoms with Gasteiger partial charge < -0.3 is 10.6 Å². The number of aryl methyl sites for hydroxylation is 2. The Labute approximate surface area is 148 Å². The van der Waals surface area contributed by atoms with Gasteiger partial charge in [0.25, 0.3) is 0 Å². The summed E-state index contributed by atoms with van der Waals surface area (Å²) in [5.41, 5.74) is 4.45. The maximum atomic E-state index is 11.0. The quantitative estimate of drug-likeness (QED) is 0.638. The molecule has 0 saturated carbocycles. The number of rotatable bonds is 0. The first-order valence-electron chi connectivity index (χ1n) is 7.58. The molecule has 118 valence electrons. The maximum Gasteiger partial charge on any atom is 0.224 e. The van der Waals surface area contributed by atoms with E-state index in [4.69, 9.17) is 0 Å². The zero-order chi connectivity index (χ0) is 16.2. The summed E-state index contributed by atoms with van der Waals surface area (Å²) in [6, 6.07) is 14.0. The third-order valence-corrected chi connectivity index (χ3v) is 4.55. The number of benzene rings is 2. The van der Waals surface area contributed by atoms with Crippen LogP contribution in [-0.4, -0.2) is 11.8 Å². The summed E-state index contributed by atoms with van der Waals surface area (Å²) in [7, 11) is 0. The lowest BCUT2D eigenvalue weighted by Crippen LogP contribution is -2.18. The monoisotopic (exact) mass is 420 g/mol. The van der Waals surface area contributed by atoms with E-state index in [2.05, 4.69) is 45.4 Å². The normalized spacial score (nSPS) is 15.3. The van der Waals surface area contributed by atoms with E-state index in [1.54, 1.807) is 0 Å². The summed E-state index contributed by atoms with van der Waals surface area (Å²) in [4.78, 5) is 21.9. The number of para-hydroxylation sites is 1. The Hall–Kier alpha value is -1.89. The third-order valence-electron chi connectivity index (χ3n) is 3.88. The standard InChI is InChI=1S/C9H8INO.C9H9NO/c10-7-2-3-8-6(5-7)1-4-9(12)11-8;11-9-6-5-7-3-1-2-4-8(7)10-9/h2-3,5H,1,4H2,(H,11,12);1-4H,5-6H2,(H,10,11). The predicted octanol–water partition coefficient (Wildman–Crippen LogP) is 3.75. The first-order chi connectivity index (χ1) is 11.1. The van der Waals surface area contributed by atoms with Crippen molar-refractivity contribution in [1.29, 1.82) is 0 Å². The van der Waals surface area contributed by atoms with E-state index < -0.39 is 0 Å². The highest BCUT2D eigenvalue weighted by molar-refractivity contribution is 14.1. The van der Waals surface area contributed by atoms with E-state index in [1.807, 2.05) is 30.3 Å². The molecule has 4 rings (SSSR count). The number of amides is 2.